The topological polar surface area (TPSA) is 44.1 Å². The third-order valence-corrected chi connectivity index (χ3v) is 2.80. The third-order valence-electron chi connectivity index (χ3n) is 2.80. The molecule has 4 heteroatoms. The summed E-state index contributed by atoms with van der Waals surface area (Å²) in [6.07, 6.45) is 1.47. The predicted molar refractivity (Wildman–Crippen MR) is 73.5 cm³/mol. The van der Waals surface area contributed by atoms with Crippen LogP contribution in [0.4, 0.5) is 0 Å². The van der Waals surface area contributed by atoms with Crippen molar-refractivity contribution in [2.45, 2.75) is 26.3 Å². The van der Waals surface area contributed by atoms with Crippen LogP contribution in [0.2, 0.25) is 0 Å². The zero-order valence-corrected chi connectivity index (χ0v) is 11.1. The number of aryl methyl sites for hydroxylation is 1. The second kappa shape index (κ2) is 6.05. The van der Waals surface area contributed by atoms with Crippen molar-refractivity contribution in [1.82, 2.24) is 9.55 Å². The number of methoxy groups -OCH3 is 1. The van der Waals surface area contributed by atoms with Crippen molar-refractivity contribution in [2.24, 2.45) is 0 Å². The first kappa shape index (κ1) is 13.2. The summed E-state index contributed by atoms with van der Waals surface area (Å²) in [6.45, 7) is 3.02. The number of carbonyl (C=O) groups excluding carboxylic acids is 1. The summed E-state index contributed by atoms with van der Waals surface area (Å²) in [7, 11) is 1.32. The number of nitrogens with zero attached hydrogens (tertiary/aromatic N) is 2. The summed E-state index contributed by atoms with van der Waals surface area (Å²) >= 11 is 0. The van der Waals surface area contributed by atoms with Crippen LogP contribution in [-0.4, -0.2) is 22.6 Å². The third kappa shape index (κ3) is 2.94. The molecule has 0 amide bonds. The zero-order valence-electron chi connectivity index (χ0n) is 11.1. The number of fused-ring (bicyclic) bond motifs is 1. The zero-order chi connectivity index (χ0) is 13.7. The van der Waals surface area contributed by atoms with Gasteiger partial charge in [-0.25, -0.2) is 9.78 Å². The molecule has 2 aromatic rings. The summed E-state index contributed by atoms with van der Waals surface area (Å²) in [4.78, 5) is 15.5. The Balaban J connectivity index is 2.33. The van der Waals surface area contributed by atoms with Gasteiger partial charge in [0.1, 0.15) is 5.82 Å². The van der Waals surface area contributed by atoms with Crippen LogP contribution in [0.15, 0.2) is 24.3 Å². The first-order valence-electron chi connectivity index (χ1n) is 6.27. The van der Waals surface area contributed by atoms with Crippen molar-refractivity contribution in [1.29, 1.82) is 0 Å². The lowest BCUT2D eigenvalue weighted by Crippen LogP contribution is -2.03. The Labute approximate surface area is 112 Å². The largest absolute Gasteiger partial charge is 0.459 e. The fourth-order valence-electron chi connectivity index (χ4n) is 1.98. The average molecular weight is 256 g/mol. The Morgan fingerprint density at radius 2 is 2.21 bits per heavy atom. The molecule has 1 heterocycles. The molecule has 0 N–H and O–H groups in total. The second-order valence-electron chi connectivity index (χ2n) is 4.14. The normalized spacial score (nSPS) is 10.0. The number of hydrogen-bond acceptors (Lipinski definition) is 3. The molecule has 0 aliphatic rings. The molecule has 0 saturated heterocycles. The van der Waals surface area contributed by atoms with Crippen LogP contribution in [-0.2, 0) is 22.5 Å². The van der Waals surface area contributed by atoms with Crippen LogP contribution < -0.4 is 0 Å². The number of carbonyl (C=O) groups is 1. The first-order chi connectivity index (χ1) is 9.26. The van der Waals surface area contributed by atoms with E-state index >= 15 is 0 Å². The molecule has 4 nitrogen and oxygen atoms in total. The summed E-state index contributed by atoms with van der Waals surface area (Å²) < 4.78 is 6.64. The molecule has 98 valence electrons. The van der Waals surface area contributed by atoms with Gasteiger partial charge >= 0.3 is 5.97 Å². The number of aromatic nitrogens is 2. The van der Waals surface area contributed by atoms with Crippen LogP contribution in [0.3, 0.4) is 0 Å². The van der Waals surface area contributed by atoms with Gasteiger partial charge in [0.05, 0.1) is 24.6 Å². The lowest BCUT2D eigenvalue weighted by Gasteiger charge is -2.04. The van der Waals surface area contributed by atoms with E-state index in [1.165, 1.54) is 7.11 Å². The minimum absolute atomic E-state index is 0.448. The van der Waals surface area contributed by atoms with E-state index in [1.807, 2.05) is 18.2 Å². The van der Waals surface area contributed by atoms with Crippen LogP contribution in [0.25, 0.3) is 11.0 Å². The SMILES string of the molecule is CCCn1c(CC#CC(=O)OC)nc2ccccc21. The van der Waals surface area contributed by atoms with Crippen molar-refractivity contribution < 1.29 is 9.53 Å². The van der Waals surface area contributed by atoms with E-state index in [9.17, 15) is 4.79 Å². The fraction of sp³-hybridized carbons (Fsp3) is 0.333. The van der Waals surface area contributed by atoms with Crippen LogP contribution in [0.5, 0.6) is 0 Å². The quantitative estimate of drug-likeness (QED) is 0.480. The molecule has 0 spiro atoms. The minimum Gasteiger partial charge on any atom is -0.459 e. The van der Waals surface area contributed by atoms with Gasteiger partial charge in [-0.1, -0.05) is 25.0 Å². The van der Waals surface area contributed by atoms with E-state index in [2.05, 4.69) is 39.1 Å². The molecule has 1 aromatic heterocycles. The maximum atomic E-state index is 11.0. The van der Waals surface area contributed by atoms with Crippen molar-refractivity contribution in [3.8, 4) is 11.8 Å². The molecule has 0 saturated carbocycles. The smallest absolute Gasteiger partial charge is 0.384 e. The monoisotopic (exact) mass is 256 g/mol. The van der Waals surface area contributed by atoms with E-state index in [-0.39, 0.29) is 0 Å². The van der Waals surface area contributed by atoms with Gasteiger partial charge in [0, 0.05) is 12.5 Å². The summed E-state index contributed by atoms with van der Waals surface area (Å²) in [5.41, 5.74) is 2.07. The molecular weight excluding hydrogens is 240 g/mol. The Morgan fingerprint density at radius 1 is 1.42 bits per heavy atom. The second-order valence-corrected chi connectivity index (χ2v) is 4.14. The van der Waals surface area contributed by atoms with Gasteiger partial charge in [-0.3, -0.25) is 0 Å². The number of ether oxygens (including phenoxy) is 1. The predicted octanol–water partition coefficient (Wildman–Crippen LogP) is 2.17. The standard InChI is InChI=1S/C15H16N2O2/c1-3-11-17-13-8-5-4-7-12(13)16-14(17)9-6-10-15(18)19-2/h4-5,7-8H,3,9,11H2,1-2H3. The number of imidazole rings is 1. The molecule has 0 aliphatic carbocycles. The van der Waals surface area contributed by atoms with Gasteiger partial charge in [-0.05, 0) is 18.6 Å². The molecule has 0 unspecified atom stereocenters. The number of benzene rings is 1. The van der Waals surface area contributed by atoms with Crippen LogP contribution >= 0.6 is 0 Å². The Kier molecular flexibility index (Phi) is 4.19. The first-order valence-corrected chi connectivity index (χ1v) is 6.27. The molecule has 1 aromatic carbocycles. The van der Waals surface area contributed by atoms with Crippen molar-refractivity contribution in [3.63, 3.8) is 0 Å². The summed E-state index contributed by atoms with van der Waals surface area (Å²) in [6, 6.07) is 8.00. The van der Waals surface area contributed by atoms with E-state index in [0.717, 1.165) is 29.8 Å². The highest BCUT2D eigenvalue weighted by Gasteiger charge is 2.08. The Bertz CT molecular complexity index is 647. The van der Waals surface area contributed by atoms with Crippen molar-refractivity contribution in [3.05, 3.63) is 30.1 Å². The summed E-state index contributed by atoms with van der Waals surface area (Å²) in [5, 5.41) is 0. The molecule has 0 bridgehead atoms. The average Bonchev–Trinajstić information content (AvgIpc) is 2.77. The van der Waals surface area contributed by atoms with E-state index in [4.69, 9.17) is 0 Å². The number of esters is 1. The molecule has 0 aliphatic heterocycles. The number of hydrogen-bond donors (Lipinski definition) is 0. The highest BCUT2D eigenvalue weighted by Crippen LogP contribution is 2.16. The highest BCUT2D eigenvalue weighted by molar-refractivity contribution is 5.88. The van der Waals surface area contributed by atoms with Crippen molar-refractivity contribution in [2.75, 3.05) is 7.11 Å². The van der Waals surface area contributed by atoms with Crippen molar-refractivity contribution >= 4 is 17.0 Å². The number of rotatable bonds is 3. The van der Waals surface area contributed by atoms with Crippen LogP contribution in [0.1, 0.15) is 19.2 Å². The lowest BCUT2D eigenvalue weighted by atomic mass is 10.3. The Morgan fingerprint density at radius 3 is 2.95 bits per heavy atom. The van der Waals surface area contributed by atoms with Gasteiger partial charge in [0.15, 0.2) is 0 Å². The molecular formula is C15H16N2O2. The van der Waals surface area contributed by atoms with Crippen LogP contribution in [0, 0.1) is 11.8 Å². The van der Waals surface area contributed by atoms with Gasteiger partial charge < -0.3 is 9.30 Å². The van der Waals surface area contributed by atoms with E-state index in [0.29, 0.717) is 6.42 Å². The van der Waals surface area contributed by atoms with E-state index in [1.54, 1.807) is 0 Å². The van der Waals surface area contributed by atoms with E-state index < -0.39 is 5.97 Å². The Hall–Kier alpha value is -2.28. The maximum absolute atomic E-state index is 11.0. The summed E-state index contributed by atoms with van der Waals surface area (Å²) in [5.74, 6) is 5.61. The van der Waals surface area contributed by atoms with Gasteiger partial charge in [-0.2, -0.15) is 0 Å². The lowest BCUT2D eigenvalue weighted by molar-refractivity contribution is -0.133. The molecule has 0 fully saturated rings. The molecule has 0 atom stereocenters. The van der Waals surface area contributed by atoms with Gasteiger partial charge in [0.2, 0.25) is 0 Å². The molecule has 19 heavy (non-hydrogen) atoms. The minimum atomic E-state index is -0.516. The fourth-order valence-corrected chi connectivity index (χ4v) is 1.98. The highest BCUT2D eigenvalue weighted by atomic mass is 16.5. The van der Waals surface area contributed by atoms with Gasteiger partial charge in [0.25, 0.3) is 0 Å². The van der Waals surface area contributed by atoms with Gasteiger partial charge in [-0.15, -0.1) is 0 Å². The maximum Gasteiger partial charge on any atom is 0.384 e. The molecule has 2 rings (SSSR count). The number of para-hydroxylation sites is 2. The molecule has 0 radical (unpaired) electrons.